The average Bonchev–Trinajstić information content (AvgIpc) is 3.17. The van der Waals surface area contributed by atoms with Crippen molar-refractivity contribution >= 4 is 11.6 Å². The Labute approximate surface area is 308 Å². The van der Waals surface area contributed by atoms with E-state index in [1.807, 2.05) is 74.5 Å². The van der Waals surface area contributed by atoms with E-state index in [0.717, 1.165) is 72.0 Å². The minimum Gasteiger partial charge on any atom is -0.496 e. The molecule has 2 aliphatic heterocycles. The van der Waals surface area contributed by atoms with Crippen LogP contribution in [0.3, 0.4) is 0 Å². The van der Waals surface area contributed by atoms with Crippen LogP contribution in [0.5, 0.6) is 17.2 Å². The quantitative estimate of drug-likeness (QED) is 0.161. The molecule has 11 nitrogen and oxygen atoms in total. The number of aliphatic hydroxyl groups excluding tert-OH is 1. The Bertz CT molecular complexity index is 1540. The molecular formula is C41H57N3O8. The van der Waals surface area contributed by atoms with E-state index >= 15 is 0 Å². The largest absolute Gasteiger partial charge is 0.496 e. The first-order valence-corrected chi connectivity index (χ1v) is 18.6. The van der Waals surface area contributed by atoms with Gasteiger partial charge in [-0.1, -0.05) is 56.7 Å². The van der Waals surface area contributed by atoms with Crippen LogP contribution in [-0.4, -0.2) is 101 Å². The first-order valence-electron chi connectivity index (χ1n) is 18.6. The molecule has 1 fully saturated rings. The van der Waals surface area contributed by atoms with Crippen LogP contribution in [0.25, 0.3) is 0 Å². The van der Waals surface area contributed by atoms with Gasteiger partial charge >= 0.3 is 0 Å². The van der Waals surface area contributed by atoms with E-state index in [1.54, 1.807) is 19.1 Å². The molecule has 5 atom stereocenters. The van der Waals surface area contributed by atoms with Gasteiger partial charge in [0.15, 0.2) is 0 Å². The summed E-state index contributed by atoms with van der Waals surface area (Å²) in [5.74, 6) is 1.92. The molecule has 3 aromatic rings. The topological polar surface area (TPSA) is 125 Å². The van der Waals surface area contributed by atoms with E-state index in [9.17, 15) is 9.90 Å². The highest BCUT2D eigenvalue weighted by atomic mass is 16.5. The zero-order valence-corrected chi connectivity index (χ0v) is 31.2. The van der Waals surface area contributed by atoms with Crippen molar-refractivity contribution in [3.63, 3.8) is 0 Å². The maximum Gasteiger partial charge on any atom is 0.239 e. The van der Waals surface area contributed by atoms with Crippen LogP contribution in [0.4, 0.5) is 5.69 Å². The van der Waals surface area contributed by atoms with Gasteiger partial charge in [-0.2, -0.15) is 0 Å². The molecule has 1 amide bonds. The van der Waals surface area contributed by atoms with Crippen LogP contribution in [0.1, 0.15) is 55.7 Å². The fraction of sp³-hybridized carbons (Fsp3) is 0.537. The summed E-state index contributed by atoms with van der Waals surface area (Å²) in [6.45, 7) is 9.40. The van der Waals surface area contributed by atoms with Gasteiger partial charge in [0.25, 0.3) is 0 Å². The van der Waals surface area contributed by atoms with Gasteiger partial charge < -0.3 is 49.1 Å². The van der Waals surface area contributed by atoms with Crippen LogP contribution in [0.15, 0.2) is 66.7 Å². The second kappa shape index (κ2) is 19.8. The number of methoxy groups -OCH3 is 2. The van der Waals surface area contributed by atoms with Gasteiger partial charge in [0.2, 0.25) is 5.91 Å². The number of aliphatic hydroxyl groups is 1. The Morgan fingerprint density at radius 1 is 1.00 bits per heavy atom. The highest BCUT2D eigenvalue weighted by Gasteiger charge is 2.41. The monoisotopic (exact) mass is 719 g/mol. The van der Waals surface area contributed by atoms with Crippen molar-refractivity contribution < 1.29 is 38.3 Å². The lowest BCUT2D eigenvalue weighted by atomic mass is 9.84. The lowest BCUT2D eigenvalue weighted by Gasteiger charge is -2.43. The van der Waals surface area contributed by atoms with Crippen molar-refractivity contribution in [3.05, 3.63) is 83.4 Å². The molecule has 3 aromatic carbocycles. The average molecular weight is 720 g/mol. The molecule has 0 unspecified atom stereocenters. The number of amides is 1. The van der Waals surface area contributed by atoms with Crippen molar-refractivity contribution in [2.75, 3.05) is 71.7 Å². The summed E-state index contributed by atoms with van der Waals surface area (Å²) in [4.78, 5) is 17.5. The Hall–Kier alpha value is -3.87. The first-order chi connectivity index (χ1) is 25.3. The van der Waals surface area contributed by atoms with Crippen LogP contribution < -0.4 is 24.8 Å². The summed E-state index contributed by atoms with van der Waals surface area (Å²) in [5.41, 5.74) is 10.3. The van der Waals surface area contributed by atoms with E-state index in [0.29, 0.717) is 46.2 Å². The van der Waals surface area contributed by atoms with Crippen molar-refractivity contribution in [1.29, 1.82) is 0 Å². The van der Waals surface area contributed by atoms with Crippen LogP contribution in [-0.2, 0) is 32.2 Å². The van der Waals surface area contributed by atoms with E-state index in [-0.39, 0.29) is 24.3 Å². The number of benzene rings is 3. The standard InChI is InChI=1S/C41H57N3O8/c1-5-29(2)40(42)41(46)44-25-35(45)39(31-13-15-33(16-14-31)50-22-9-21-49-28-32-10-6-7-11-36(32)48-4)38(26-44)52-27-30-12-17-37-34(24-30)43(19-23-51-37)18-8-20-47-3/h6-7,10-17,24,29,35,38-40,45H,5,8-9,18-23,25-28,42H2,1-4H3/t29-,35+,38-,39-,40-/m0/s1. The SMILES string of the molecule is CC[C@H](C)[C@H](N)C(=O)N1C[C@@H](O)[C@H](c2ccc(OCCCOCc3ccccc3OC)cc2)[C@@H](OCc2ccc3c(c2)N(CCCOC)CCO3)C1. The van der Waals surface area contributed by atoms with E-state index < -0.39 is 18.2 Å². The minimum atomic E-state index is -0.841. The van der Waals surface area contributed by atoms with Crippen molar-refractivity contribution in [3.8, 4) is 17.2 Å². The molecule has 0 aromatic heterocycles. The molecule has 52 heavy (non-hydrogen) atoms. The summed E-state index contributed by atoms with van der Waals surface area (Å²) in [7, 11) is 3.38. The molecule has 3 N–H and O–H groups in total. The van der Waals surface area contributed by atoms with Gasteiger partial charge in [0.05, 0.1) is 64.0 Å². The number of likely N-dealkylation sites (tertiary alicyclic amines) is 1. The van der Waals surface area contributed by atoms with Crippen molar-refractivity contribution in [2.45, 2.75) is 70.5 Å². The Kier molecular flexibility index (Phi) is 15.0. The predicted molar refractivity (Wildman–Crippen MR) is 201 cm³/mol. The van der Waals surface area contributed by atoms with Gasteiger partial charge in [0, 0.05) is 51.3 Å². The lowest BCUT2D eigenvalue weighted by molar-refractivity contribution is -0.144. The molecule has 0 bridgehead atoms. The van der Waals surface area contributed by atoms with Crippen LogP contribution >= 0.6 is 0 Å². The number of nitrogens with two attached hydrogens (primary N) is 1. The molecule has 0 saturated carbocycles. The van der Waals surface area contributed by atoms with Gasteiger partial charge in [-0.3, -0.25) is 4.79 Å². The zero-order valence-electron chi connectivity index (χ0n) is 31.2. The summed E-state index contributed by atoms with van der Waals surface area (Å²) in [5, 5.41) is 11.6. The molecule has 284 valence electrons. The predicted octanol–water partition coefficient (Wildman–Crippen LogP) is 5.16. The zero-order chi connectivity index (χ0) is 36.9. The van der Waals surface area contributed by atoms with Gasteiger partial charge in [-0.05, 0) is 53.8 Å². The molecule has 1 saturated heterocycles. The Morgan fingerprint density at radius 3 is 2.58 bits per heavy atom. The number of para-hydroxylation sites is 1. The second-order valence-corrected chi connectivity index (χ2v) is 13.7. The van der Waals surface area contributed by atoms with Crippen molar-refractivity contribution in [1.82, 2.24) is 4.90 Å². The number of hydrogen-bond acceptors (Lipinski definition) is 10. The molecule has 0 aliphatic carbocycles. The number of fused-ring (bicyclic) bond motifs is 1. The van der Waals surface area contributed by atoms with Gasteiger partial charge in [-0.25, -0.2) is 0 Å². The molecule has 0 spiro atoms. The van der Waals surface area contributed by atoms with Crippen LogP contribution in [0, 0.1) is 5.92 Å². The smallest absolute Gasteiger partial charge is 0.239 e. The lowest BCUT2D eigenvalue weighted by Crippen LogP contribution is -2.57. The first kappa shape index (κ1) is 39.3. The number of carbonyl (C=O) groups is 1. The number of piperidine rings is 1. The van der Waals surface area contributed by atoms with Gasteiger partial charge in [0.1, 0.15) is 23.9 Å². The summed E-state index contributed by atoms with van der Waals surface area (Å²) < 4.78 is 35.1. The second-order valence-electron chi connectivity index (χ2n) is 13.7. The van der Waals surface area contributed by atoms with Crippen LogP contribution in [0.2, 0.25) is 0 Å². The Balaban J connectivity index is 1.23. The summed E-state index contributed by atoms with van der Waals surface area (Å²) in [6, 6.07) is 21.1. The molecule has 2 aliphatic rings. The highest BCUT2D eigenvalue weighted by molar-refractivity contribution is 5.82. The number of hydrogen-bond donors (Lipinski definition) is 2. The third kappa shape index (κ3) is 10.4. The fourth-order valence-electron chi connectivity index (χ4n) is 6.86. The molecular weight excluding hydrogens is 662 g/mol. The number of nitrogens with zero attached hydrogens (tertiary/aromatic N) is 2. The van der Waals surface area contributed by atoms with Crippen molar-refractivity contribution in [2.24, 2.45) is 11.7 Å². The third-order valence-corrected chi connectivity index (χ3v) is 10.1. The maximum atomic E-state index is 13.5. The molecule has 5 rings (SSSR count). The number of rotatable bonds is 19. The summed E-state index contributed by atoms with van der Waals surface area (Å²) in [6.07, 6.45) is 1.14. The molecule has 11 heteroatoms. The minimum absolute atomic E-state index is 0.0257. The number of β-amino-alcohol motifs (C(OH)–C–C–N with tert-alkyl or cyclic N) is 1. The third-order valence-electron chi connectivity index (χ3n) is 10.1. The number of anilines is 1. The molecule has 0 radical (unpaired) electrons. The summed E-state index contributed by atoms with van der Waals surface area (Å²) >= 11 is 0. The molecule has 2 heterocycles. The van der Waals surface area contributed by atoms with E-state index in [2.05, 4.69) is 11.0 Å². The van der Waals surface area contributed by atoms with E-state index in [1.165, 1.54) is 0 Å². The number of ether oxygens (including phenoxy) is 6. The normalized spacial score (nSPS) is 19.8. The Morgan fingerprint density at radius 2 is 1.81 bits per heavy atom. The van der Waals surface area contributed by atoms with E-state index in [4.69, 9.17) is 34.2 Å². The maximum absolute atomic E-state index is 13.5. The fourth-order valence-corrected chi connectivity index (χ4v) is 6.86. The van der Waals surface area contributed by atoms with Gasteiger partial charge in [-0.15, -0.1) is 0 Å². The highest BCUT2D eigenvalue weighted by Crippen LogP contribution is 2.36. The number of carbonyl (C=O) groups excluding carboxylic acids is 1.